The Hall–Kier alpha value is -2.91. The number of hydrogen-bond donors (Lipinski definition) is 0. The van der Waals surface area contributed by atoms with Gasteiger partial charge >= 0.3 is 0 Å². The number of pyridine rings is 1. The molecule has 0 spiro atoms. The lowest BCUT2D eigenvalue weighted by Crippen LogP contribution is -2.02. The monoisotopic (exact) mass is 362 g/mol. The molecule has 26 heavy (non-hydrogen) atoms. The predicted molar refractivity (Wildman–Crippen MR) is 107 cm³/mol. The highest BCUT2D eigenvalue weighted by molar-refractivity contribution is 6.09. The van der Waals surface area contributed by atoms with E-state index in [9.17, 15) is 4.39 Å². The van der Waals surface area contributed by atoms with E-state index in [0.717, 1.165) is 44.3 Å². The number of nitrogens with zero attached hydrogens (tertiary/aromatic N) is 2. The fraction of sp³-hybridized carbons (Fsp3) is 0.0455. The Morgan fingerprint density at radius 1 is 0.846 bits per heavy atom. The molecular weight excluding hydrogens is 347 g/mol. The first-order chi connectivity index (χ1) is 12.2. The lowest BCUT2D eigenvalue weighted by Gasteiger charge is -2.18. The number of halogens is 2. The van der Waals surface area contributed by atoms with Crippen LogP contribution in [-0.4, -0.2) is 9.55 Å². The quantitative estimate of drug-likeness (QED) is 0.354. The Labute approximate surface area is 156 Å². The van der Waals surface area contributed by atoms with E-state index < -0.39 is 0 Å². The maximum atomic E-state index is 14.0. The number of aryl methyl sites for hydroxylation is 1. The first-order valence-corrected chi connectivity index (χ1v) is 8.26. The van der Waals surface area contributed by atoms with E-state index >= 15 is 0 Å². The predicted octanol–water partition coefficient (Wildman–Crippen LogP) is 6.06. The smallest absolute Gasteiger partial charge is 0.123 e. The van der Waals surface area contributed by atoms with Gasteiger partial charge in [-0.05, 0) is 29.8 Å². The zero-order chi connectivity index (χ0) is 17.0. The number of benzene rings is 3. The zero-order valence-corrected chi connectivity index (χ0v) is 14.9. The third-order valence-electron chi connectivity index (χ3n) is 4.84. The van der Waals surface area contributed by atoms with Crippen molar-refractivity contribution < 1.29 is 4.39 Å². The SMILES string of the molecule is Cl.Cn1c2c3ccccc3nc-2c(-c2ccccc2)c2cc(F)ccc21. The summed E-state index contributed by atoms with van der Waals surface area (Å²) in [7, 11) is 2.02. The molecule has 0 fully saturated rings. The second-order valence-corrected chi connectivity index (χ2v) is 6.29. The average molecular weight is 363 g/mol. The van der Waals surface area contributed by atoms with E-state index in [2.05, 4.69) is 22.8 Å². The summed E-state index contributed by atoms with van der Waals surface area (Å²) in [4.78, 5) is 4.89. The van der Waals surface area contributed by atoms with Crippen molar-refractivity contribution in [3.8, 4) is 22.5 Å². The normalized spacial score (nSPS) is 11.2. The summed E-state index contributed by atoms with van der Waals surface area (Å²) in [6.45, 7) is 0. The Kier molecular flexibility index (Phi) is 3.89. The van der Waals surface area contributed by atoms with Gasteiger partial charge in [0.05, 0.1) is 16.9 Å². The van der Waals surface area contributed by atoms with Gasteiger partial charge in [-0.1, -0.05) is 48.5 Å². The summed E-state index contributed by atoms with van der Waals surface area (Å²) in [5.41, 5.74) is 5.97. The zero-order valence-electron chi connectivity index (χ0n) is 14.1. The first-order valence-electron chi connectivity index (χ1n) is 8.26. The second kappa shape index (κ2) is 6.11. The van der Waals surface area contributed by atoms with Crippen molar-refractivity contribution in [2.75, 3.05) is 0 Å². The van der Waals surface area contributed by atoms with Crippen LogP contribution in [-0.2, 0) is 7.05 Å². The molecule has 2 aliphatic rings. The van der Waals surface area contributed by atoms with Crippen molar-refractivity contribution >= 4 is 34.2 Å². The van der Waals surface area contributed by atoms with Crippen molar-refractivity contribution in [3.05, 3.63) is 78.6 Å². The third-order valence-corrected chi connectivity index (χ3v) is 4.84. The molecule has 0 radical (unpaired) electrons. The van der Waals surface area contributed by atoms with Gasteiger partial charge in [0.2, 0.25) is 0 Å². The molecule has 2 aliphatic heterocycles. The number of para-hydroxylation sites is 1. The van der Waals surface area contributed by atoms with Crippen LogP contribution < -0.4 is 0 Å². The minimum atomic E-state index is -0.236. The minimum Gasteiger partial charge on any atom is -0.342 e. The van der Waals surface area contributed by atoms with Gasteiger partial charge in [0.1, 0.15) is 5.82 Å². The van der Waals surface area contributed by atoms with Crippen molar-refractivity contribution in [1.29, 1.82) is 0 Å². The topological polar surface area (TPSA) is 17.8 Å². The van der Waals surface area contributed by atoms with Crippen LogP contribution in [0.15, 0.2) is 72.8 Å². The molecule has 0 atom stereocenters. The molecule has 0 saturated carbocycles. The first kappa shape index (κ1) is 16.6. The van der Waals surface area contributed by atoms with Crippen LogP contribution in [0.4, 0.5) is 4.39 Å². The Morgan fingerprint density at radius 2 is 1.58 bits per heavy atom. The van der Waals surface area contributed by atoms with E-state index in [1.165, 1.54) is 6.07 Å². The fourth-order valence-electron chi connectivity index (χ4n) is 3.73. The van der Waals surface area contributed by atoms with Crippen LogP contribution in [0.25, 0.3) is 44.3 Å². The van der Waals surface area contributed by atoms with Crippen LogP contribution in [0, 0.1) is 5.82 Å². The molecule has 2 heterocycles. The molecule has 3 aromatic rings. The molecule has 3 aromatic carbocycles. The van der Waals surface area contributed by atoms with E-state index in [0.29, 0.717) is 0 Å². The van der Waals surface area contributed by atoms with Gasteiger partial charge in [-0.25, -0.2) is 9.37 Å². The standard InChI is InChI=1S/C22H15FN2.ClH/c1-25-19-12-11-15(23)13-17(19)20(14-7-3-2-4-8-14)21-22(25)16-9-5-6-10-18(16)24-21;/h2-13H,1H3;1H. The van der Waals surface area contributed by atoms with E-state index in [1.54, 1.807) is 6.07 Å². The van der Waals surface area contributed by atoms with Crippen molar-refractivity contribution in [1.82, 2.24) is 9.55 Å². The van der Waals surface area contributed by atoms with Crippen LogP contribution >= 0.6 is 12.4 Å². The summed E-state index contributed by atoms with van der Waals surface area (Å²) >= 11 is 0. The molecule has 2 nitrogen and oxygen atoms in total. The molecule has 128 valence electrons. The Balaban J connectivity index is 0.00000168. The third kappa shape index (κ3) is 2.28. The maximum absolute atomic E-state index is 14.0. The summed E-state index contributed by atoms with van der Waals surface area (Å²) in [5, 5.41) is 1.99. The van der Waals surface area contributed by atoms with Gasteiger partial charge in [-0.15, -0.1) is 12.4 Å². The molecule has 0 bridgehead atoms. The molecular formula is C22H16ClFN2. The van der Waals surface area contributed by atoms with Gasteiger partial charge < -0.3 is 4.57 Å². The molecule has 4 heteroatoms. The fourth-order valence-corrected chi connectivity index (χ4v) is 3.73. The minimum absolute atomic E-state index is 0. The van der Waals surface area contributed by atoms with Gasteiger partial charge in [-0.3, -0.25) is 0 Å². The maximum Gasteiger partial charge on any atom is 0.123 e. The number of rotatable bonds is 1. The van der Waals surface area contributed by atoms with Gasteiger partial charge in [0.25, 0.3) is 0 Å². The molecule has 0 N–H and O–H groups in total. The Bertz CT molecular complexity index is 1210. The lowest BCUT2D eigenvalue weighted by atomic mass is 9.96. The molecule has 0 aromatic heterocycles. The summed E-state index contributed by atoms with van der Waals surface area (Å²) in [5.74, 6) is -0.236. The van der Waals surface area contributed by atoms with E-state index in [-0.39, 0.29) is 18.2 Å². The summed E-state index contributed by atoms with van der Waals surface area (Å²) in [6.07, 6.45) is 0. The van der Waals surface area contributed by atoms with Crippen LogP contribution in [0.3, 0.4) is 0 Å². The molecule has 5 rings (SSSR count). The largest absolute Gasteiger partial charge is 0.342 e. The molecule has 0 saturated heterocycles. The molecule has 0 unspecified atom stereocenters. The molecule has 0 aliphatic carbocycles. The van der Waals surface area contributed by atoms with Gasteiger partial charge in [0.15, 0.2) is 0 Å². The summed E-state index contributed by atoms with van der Waals surface area (Å²) in [6, 6.07) is 23.2. The lowest BCUT2D eigenvalue weighted by molar-refractivity contribution is 0.629. The van der Waals surface area contributed by atoms with E-state index in [4.69, 9.17) is 4.98 Å². The van der Waals surface area contributed by atoms with Crippen LogP contribution in [0.2, 0.25) is 0 Å². The highest BCUT2D eigenvalue weighted by atomic mass is 35.5. The number of aromatic nitrogens is 2. The second-order valence-electron chi connectivity index (χ2n) is 6.29. The Morgan fingerprint density at radius 3 is 2.38 bits per heavy atom. The average Bonchev–Trinajstić information content (AvgIpc) is 3.02. The molecule has 0 amide bonds. The van der Waals surface area contributed by atoms with E-state index in [1.807, 2.05) is 49.5 Å². The summed E-state index contributed by atoms with van der Waals surface area (Å²) < 4.78 is 16.2. The van der Waals surface area contributed by atoms with Gasteiger partial charge in [-0.2, -0.15) is 0 Å². The number of hydrogen-bond acceptors (Lipinski definition) is 1. The number of fused-ring (bicyclic) bond motifs is 4. The van der Waals surface area contributed by atoms with Crippen LogP contribution in [0.1, 0.15) is 0 Å². The van der Waals surface area contributed by atoms with Gasteiger partial charge in [0, 0.05) is 28.9 Å². The van der Waals surface area contributed by atoms with Crippen molar-refractivity contribution in [3.63, 3.8) is 0 Å². The highest BCUT2D eigenvalue weighted by Gasteiger charge is 2.23. The van der Waals surface area contributed by atoms with Crippen LogP contribution in [0.5, 0.6) is 0 Å². The highest BCUT2D eigenvalue weighted by Crippen LogP contribution is 2.42. The van der Waals surface area contributed by atoms with Crippen molar-refractivity contribution in [2.45, 2.75) is 0 Å². The van der Waals surface area contributed by atoms with Crippen molar-refractivity contribution in [2.24, 2.45) is 7.05 Å².